The summed E-state index contributed by atoms with van der Waals surface area (Å²) < 4.78 is 0. The van der Waals surface area contributed by atoms with Crippen molar-refractivity contribution in [3.63, 3.8) is 0 Å². The Balaban J connectivity index is 1.51. The van der Waals surface area contributed by atoms with Crippen LogP contribution < -0.4 is 10.2 Å². The van der Waals surface area contributed by atoms with Gasteiger partial charge in [-0.15, -0.1) is 11.3 Å². The Morgan fingerprint density at radius 3 is 3.21 bits per heavy atom. The molecule has 0 bridgehead atoms. The molecule has 0 spiro atoms. The fraction of sp³-hybridized carbons (Fsp3) is 0.375. The number of anilines is 2. The first-order valence-electron chi connectivity index (χ1n) is 7.97. The molecule has 7 nitrogen and oxygen atoms in total. The lowest BCUT2D eigenvalue weighted by atomic mass is 9.97. The SMILES string of the molecule is Cc1cc(NC(=O)[C@H]2CCCN(c3ncnc4sccc34)C2)n[nH]1. The number of amides is 1. The Kier molecular flexibility index (Phi) is 3.89. The number of thiophene rings is 1. The lowest BCUT2D eigenvalue weighted by Gasteiger charge is -2.33. The van der Waals surface area contributed by atoms with Crippen LogP contribution in [0.15, 0.2) is 23.8 Å². The summed E-state index contributed by atoms with van der Waals surface area (Å²) in [7, 11) is 0. The van der Waals surface area contributed by atoms with Crippen molar-refractivity contribution in [3.8, 4) is 0 Å². The van der Waals surface area contributed by atoms with E-state index in [-0.39, 0.29) is 11.8 Å². The van der Waals surface area contributed by atoms with Gasteiger partial charge in [0, 0.05) is 24.8 Å². The van der Waals surface area contributed by atoms with Gasteiger partial charge in [0.2, 0.25) is 5.91 Å². The van der Waals surface area contributed by atoms with Crippen molar-refractivity contribution in [3.05, 3.63) is 29.5 Å². The molecule has 3 aromatic rings. The van der Waals surface area contributed by atoms with Crippen LogP contribution in [0, 0.1) is 12.8 Å². The van der Waals surface area contributed by atoms with E-state index in [1.165, 1.54) is 0 Å². The van der Waals surface area contributed by atoms with Crippen molar-refractivity contribution in [2.75, 3.05) is 23.3 Å². The summed E-state index contributed by atoms with van der Waals surface area (Å²) in [5.41, 5.74) is 0.927. The van der Waals surface area contributed by atoms with Crippen LogP contribution in [0.25, 0.3) is 10.2 Å². The van der Waals surface area contributed by atoms with E-state index in [0.717, 1.165) is 41.1 Å². The highest BCUT2D eigenvalue weighted by molar-refractivity contribution is 7.16. The number of carbonyl (C=O) groups is 1. The normalized spacial score (nSPS) is 18.0. The van der Waals surface area contributed by atoms with E-state index in [4.69, 9.17) is 0 Å². The van der Waals surface area contributed by atoms with E-state index in [2.05, 4.69) is 30.4 Å². The van der Waals surface area contributed by atoms with Crippen molar-refractivity contribution >= 4 is 39.1 Å². The third kappa shape index (κ3) is 2.84. The molecule has 1 amide bonds. The van der Waals surface area contributed by atoms with Gasteiger partial charge in [-0.25, -0.2) is 9.97 Å². The smallest absolute Gasteiger partial charge is 0.230 e. The largest absolute Gasteiger partial charge is 0.355 e. The number of H-pyrrole nitrogens is 1. The highest BCUT2D eigenvalue weighted by Gasteiger charge is 2.28. The molecule has 1 saturated heterocycles. The number of piperidine rings is 1. The number of nitrogens with one attached hydrogen (secondary N) is 2. The van der Waals surface area contributed by atoms with Crippen molar-refractivity contribution in [1.82, 2.24) is 20.2 Å². The lowest BCUT2D eigenvalue weighted by Crippen LogP contribution is -2.41. The van der Waals surface area contributed by atoms with Gasteiger partial charge in [-0.1, -0.05) is 0 Å². The summed E-state index contributed by atoms with van der Waals surface area (Å²) in [6, 6.07) is 3.88. The predicted octanol–water partition coefficient (Wildman–Crippen LogP) is 2.58. The summed E-state index contributed by atoms with van der Waals surface area (Å²) in [6.07, 6.45) is 3.45. The molecular formula is C16H18N6OS. The monoisotopic (exact) mass is 342 g/mol. The number of nitrogens with zero attached hydrogens (tertiary/aromatic N) is 4. The second-order valence-electron chi connectivity index (χ2n) is 6.05. The summed E-state index contributed by atoms with van der Waals surface area (Å²) >= 11 is 1.61. The van der Waals surface area contributed by atoms with Crippen LogP contribution in [0.1, 0.15) is 18.5 Å². The quantitative estimate of drug-likeness (QED) is 0.764. The topological polar surface area (TPSA) is 86.8 Å². The van der Waals surface area contributed by atoms with Crippen LogP contribution >= 0.6 is 11.3 Å². The number of aromatic nitrogens is 4. The molecule has 8 heteroatoms. The third-order valence-electron chi connectivity index (χ3n) is 4.29. The van der Waals surface area contributed by atoms with E-state index in [9.17, 15) is 4.79 Å². The van der Waals surface area contributed by atoms with E-state index in [1.807, 2.05) is 24.4 Å². The van der Waals surface area contributed by atoms with Gasteiger partial charge in [0.1, 0.15) is 17.0 Å². The molecular weight excluding hydrogens is 324 g/mol. The molecule has 3 aromatic heterocycles. The van der Waals surface area contributed by atoms with Gasteiger partial charge in [-0.2, -0.15) is 5.10 Å². The number of hydrogen-bond acceptors (Lipinski definition) is 6. The predicted molar refractivity (Wildman–Crippen MR) is 94.3 cm³/mol. The van der Waals surface area contributed by atoms with Crippen LogP contribution in [0.4, 0.5) is 11.6 Å². The van der Waals surface area contributed by atoms with Crippen molar-refractivity contribution in [2.45, 2.75) is 19.8 Å². The molecule has 1 aliphatic heterocycles. The van der Waals surface area contributed by atoms with E-state index in [0.29, 0.717) is 12.4 Å². The molecule has 24 heavy (non-hydrogen) atoms. The Hall–Kier alpha value is -2.48. The highest BCUT2D eigenvalue weighted by Crippen LogP contribution is 2.30. The molecule has 2 N–H and O–H groups in total. The first kappa shape index (κ1) is 15.1. The number of carbonyl (C=O) groups excluding carboxylic acids is 1. The van der Waals surface area contributed by atoms with E-state index in [1.54, 1.807) is 17.7 Å². The first-order chi connectivity index (χ1) is 11.7. The van der Waals surface area contributed by atoms with Crippen LogP contribution in [0.3, 0.4) is 0 Å². The third-order valence-corrected chi connectivity index (χ3v) is 5.11. The number of fused-ring (bicyclic) bond motifs is 1. The van der Waals surface area contributed by atoms with Crippen LogP contribution in [-0.4, -0.2) is 39.2 Å². The van der Waals surface area contributed by atoms with Gasteiger partial charge in [0.25, 0.3) is 0 Å². The Morgan fingerprint density at radius 1 is 1.46 bits per heavy atom. The van der Waals surface area contributed by atoms with Crippen molar-refractivity contribution < 1.29 is 4.79 Å². The molecule has 0 radical (unpaired) electrons. The van der Waals surface area contributed by atoms with Crippen molar-refractivity contribution in [1.29, 1.82) is 0 Å². The number of aryl methyl sites for hydroxylation is 1. The molecule has 1 atom stereocenters. The number of rotatable bonds is 3. The number of aromatic amines is 1. The molecule has 4 heterocycles. The molecule has 1 aliphatic rings. The molecule has 0 aliphatic carbocycles. The summed E-state index contributed by atoms with van der Waals surface area (Å²) in [4.78, 5) is 24.5. The maximum absolute atomic E-state index is 12.5. The lowest BCUT2D eigenvalue weighted by molar-refractivity contribution is -0.120. The summed E-state index contributed by atoms with van der Waals surface area (Å²) in [5, 5.41) is 12.9. The zero-order valence-electron chi connectivity index (χ0n) is 13.3. The maximum Gasteiger partial charge on any atom is 0.230 e. The van der Waals surface area contributed by atoms with Gasteiger partial charge in [0.15, 0.2) is 5.82 Å². The van der Waals surface area contributed by atoms with Crippen LogP contribution in [0.5, 0.6) is 0 Å². The summed E-state index contributed by atoms with van der Waals surface area (Å²) in [6.45, 7) is 3.48. The first-order valence-corrected chi connectivity index (χ1v) is 8.85. The fourth-order valence-electron chi connectivity index (χ4n) is 3.12. The van der Waals surface area contributed by atoms with Gasteiger partial charge in [-0.05, 0) is 31.2 Å². The Labute approximate surface area is 143 Å². The zero-order chi connectivity index (χ0) is 16.5. The van der Waals surface area contributed by atoms with Gasteiger partial charge in [0.05, 0.1) is 11.3 Å². The Bertz CT molecular complexity index is 872. The minimum Gasteiger partial charge on any atom is -0.355 e. The average molecular weight is 342 g/mol. The molecule has 0 saturated carbocycles. The van der Waals surface area contributed by atoms with Gasteiger partial charge in [-0.3, -0.25) is 9.89 Å². The minimum absolute atomic E-state index is 0.0156. The molecule has 124 valence electrons. The maximum atomic E-state index is 12.5. The zero-order valence-corrected chi connectivity index (χ0v) is 14.1. The Morgan fingerprint density at radius 2 is 2.38 bits per heavy atom. The van der Waals surface area contributed by atoms with E-state index < -0.39 is 0 Å². The molecule has 1 fully saturated rings. The van der Waals surface area contributed by atoms with E-state index >= 15 is 0 Å². The minimum atomic E-state index is -0.0700. The fourth-order valence-corrected chi connectivity index (χ4v) is 3.85. The van der Waals surface area contributed by atoms with Crippen LogP contribution in [0.2, 0.25) is 0 Å². The van der Waals surface area contributed by atoms with Crippen molar-refractivity contribution in [2.24, 2.45) is 5.92 Å². The summed E-state index contributed by atoms with van der Waals surface area (Å²) in [5.74, 6) is 1.45. The molecule has 0 aromatic carbocycles. The standard InChI is InChI=1S/C16H18N6OS/c1-10-7-13(21-20-10)19-15(23)11-3-2-5-22(8-11)14-12-4-6-24-16(12)18-9-17-14/h4,6-7,9,11H,2-3,5,8H2,1H3,(H2,19,20,21,23)/t11-/m0/s1. The van der Waals surface area contributed by atoms with Gasteiger partial charge < -0.3 is 10.2 Å². The van der Waals surface area contributed by atoms with Gasteiger partial charge >= 0.3 is 0 Å². The van der Waals surface area contributed by atoms with Crippen LogP contribution in [-0.2, 0) is 4.79 Å². The second-order valence-corrected chi connectivity index (χ2v) is 6.94. The highest BCUT2D eigenvalue weighted by atomic mass is 32.1. The second kappa shape index (κ2) is 6.20. The molecule has 4 rings (SSSR count). The molecule has 0 unspecified atom stereocenters. The average Bonchev–Trinajstić information content (AvgIpc) is 3.23. The number of hydrogen-bond donors (Lipinski definition) is 2.